The van der Waals surface area contributed by atoms with Crippen molar-refractivity contribution in [3.05, 3.63) is 57.8 Å². The number of halogens is 5. The molecule has 0 aliphatic heterocycles. The van der Waals surface area contributed by atoms with Gasteiger partial charge in [0.25, 0.3) is 0 Å². The molecule has 122 valence electrons. The minimum Gasteiger partial charge on any atom is -0.384 e. The number of hydrogen-bond acceptors (Lipinski definition) is 2. The monoisotopic (exact) mass is 362 g/mol. The largest absolute Gasteiger partial charge is 0.384 e. The van der Waals surface area contributed by atoms with Crippen molar-refractivity contribution in [1.29, 1.82) is 0 Å². The maximum atomic E-state index is 13.4. The van der Waals surface area contributed by atoms with Crippen LogP contribution in [0.2, 0.25) is 10.0 Å². The smallest absolute Gasteiger partial charge is 0.226 e. The predicted octanol–water partition coefficient (Wildman–Crippen LogP) is 4.85. The minimum atomic E-state index is -1.63. The molecule has 0 bridgehead atoms. The van der Waals surface area contributed by atoms with Crippen LogP contribution in [0.1, 0.15) is 6.42 Å². The van der Waals surface area contributed by atoms with Crippen molar-refractivity contribution in [2.75, 3.05) is 17.2 Å². The molecule has 3 nitrogen and oxygen atoms in total. The van der Waals surface area contributed by atoms with Crippen LogP contribution in [0.4, 0.5) is 24.5 Å². The van der Waals surface area contributed by atoms with Crippen molar-refractivity contribution in [2.45, 2.75) is 6.42 Å². The van der Waals surface area contributed by atoms with Gasteiger partial charge in [0.2, 0.25) is 5.91 Å². The first-order chi connectivity index (χ1) is 10.9. The summed E-state index contributed by atoms with van der Waals surface area (Å²) in [7, 11) is 0. The number of amides is 1. The third-order valence-electron chi connectivity index (χ3n) is 2.91. The number of anilines is 2. The summed E-state index contributed by atoms with van der Waals surface area (Å²) in [5.41, 5.74) is 0.245. The first kappa shape index (κ1) is 17.4. The maximum absolute atomic E-state index is 13.4. The second kappa shape index (κ2) is 7.57. The molecule has 0 aliphatic carbocycles. The number of benzene rings is 2. The molecule has 0 fully saturated rings. The lowest BCUT2D eigenvalue weighted by Crippen LogP contribution is -2.17. The molecule has 0 spiro atoms. The van der Waals surface area contributed by atoms with E-state index in [0.717, 1.165) is 12.1 Å². The Morgan fingerprint density at radius 2 is 1.74 bits per heavy atom. The Morgan fingerprint density at radius 1 is 1.00 bits per heavy atom. The van der Waals surface area contributed by atoms with Crippen LogP contribution in [0.5, 0.6) is 0 Å². The molecule has 0 radical (unpaired) electrons. The van der Waals surface area contributed by atoms with Crippen LogP contribution < -0.4 is 10.6 Å². The van der Waals surface area contributed by atoms with Crippen LogP contribution in [0.15, 0.2) is 30.3 Å². The van der Waals surface area contributed by atoms with E-state index in [1.807, 2.05) is 0 Å². The van der Waals surface area contributed by atoms with E-state index in [0.29, 0.717) is 15.7 Å². The summed E-state index contributed by atoms with van der Waals surface area (Å²) in [5.74, 6) is -4.93. The zero-order chi connectivity index (χ0) is 17.0. The normalized spacial score (nSPS) is 10.5. The molecular formula is C15H11Cl2F3N2O. The van der Waals surface area contributed by atoms with Crippen LogP contribution in [-0.2, 0) is 4.79 Å². The van der Waals surface area contributed by atoms with Crippen molar-refractivity contribution >= 4 is 40.5 Å². The lowest BCUT2D eigenvalue weighted by atomic mass is 10.2. The van der Waals surface area contributed by atoms with E-state index < -0.39 is 29.0 Å². The Hall–Kier alpha value is -1.92. The highest BCUT2D eigenvalue weighted by Gasteiger charge is 2.15. The zero-order valence-corrected chi connectivity index (χ0v) is 13.1. The summed E-state index contributed by atoms with van der Waals surface area (Å²) in [5, 5.41) is 5.88. The topological polar surface area (TPSA) is 41.1 Å². The molecule has 0 saturated heterocycles. The summed E-state index contributed by atoms with van der Waals surface area (Å²) < 4.78 is 39.3. The van der Waals surface area contributed by atoms with Gasteiger partial charge in [0.15, 0.2) is 17.5 Å². The molecular weight excluding hydrogens is 352 g/mol. The molecule has 2 aromatic carbocycles. The summed E-state index contributed by atoms with van der Waals surface area (Å²) in [4.78, 5) is 11.7. The Bertz CT molecular complexity index is 741. The van der Waals surface area contributed by atoms with Crippen molar-refractivity contribution < 1.29 is 18.0 Å². The highest BCUT2D eigenvalue weighted by Crippen LogP contribution is 2.25. The average Bonchev–Trinajstić information content (AvgIpc) is 2.51. The van der Waals surface area contributed by atoms with Crippen LogP contribution in [0, 0.1) is 17.5 Å². The number of carbonyl (C=O) groups is 1. The third-order valence-corrected chi connectivity index (χ3v) is 3.65. The number of rotatable bonds is 5. The Kier molecular flexibility index (Phi) is 5.74. The van der Waals surface area contributed by atoms with Crippen molar-refractivity contribution in [3.8, 4) is 0 Å². The van der Waals surface area contributed by atoms with Crippen molar-refractivity contribution in [2.24, 2.45) is 0 Å². The van der Waals surface area contributed by atoms with Gasteiger partial charge in [-0.15, -0.1) is 0 Å². The minimum absolute atomic E-state index is 0.0152. The van der Waals surface area contributed by atoms with E-state index in [-0.39, 0.29) is 13.0 Å². The van der Waals surface area contributed by atoms with Gasteiger partial charge in [-0.1, -0.05) is 23.2 Å². The van der Waals surface area contributed by atoms with Crippen LogP contribution >= 0.6 is 23.2 Å². The second-order valence-corrected chi connectivity index (χ2v) is 5.39. The lowest BCUT2D eigenvalue weighted by Gasteiger charge is -2.09. The fraction of sp³-hybridized carbons (Fsp3) is 0.133. The average molecular weight is 363 g/mol. The van der Waals surface area contributed by atoms with E-state index in [9.17, 15) is 18.0 Å². The Morgan fingerprint density at radius 3 is 2.43 bits per heavy atom. The van der Waals surface area contributed by atoms with Gasteiger partial charge in [0.1, 0.15) is 0 Å². The van der Waals surface area contributed by atoms with Crippen LogP contribution in [-0.4, -0.2) is 12.5 Å². The predicted molar refractivity (Wildman–Crippen MR) is 84.5 cm³/mol. The van der Waals surface area contributed by atoms with Gasteiger partial charge >= 0.3 is 0 Å². The van der Waals surface area contributed by atoms with Gasteiger partial charge in [-0.05, 0) is 30.3 Å². The maximum Gasteiger partial charge on any atom is 0.226 e. The van der Waals surface area contributed by atoms with E-state index >= 15 is 0 Å². The molecule has 0 saturated carbocycles. The lowest BCUT2D eigenvalue weighted by molar-refractivity contribution is -0.116. The van der Waals surface area contributed by atoms with Crippen LogP contribution in [0.3, 0.4) is 0 Å². The summed E-state index contributed by atoms with van der Waals surface area (Å²) in [6.07, 6.45) is -0.0152. The van der Waals surface area contributed by atoms with Gasteiger partial charge in [-0.25, -0.2) is 13.2 Å². The molecule has 0 atom stereocenters. The van der Waals surface area contributed by atoms with Gasteiger partial charge in [0, 0.05) is 18.7 Å². The molecule has 0 unspecified atom stereocenters. The number of nitrogens with one attached hydrogen (secondary N) is 2. The SMILES string of the molecule is O=C(CCNc1ccc(Cl)c(Cl)c1)Nc1ccc(F)c(F)c1F. The zero-order valence-electron chi connectivity index (χ0n) is 11.6. The van der Waals surface area contributed by atoms with Gasteiger partial charge in [0.05, 0.1) is 15.7 Å². The van der Waals surface area contributed by atoms with Crippen LogP contribution in [0.25, 0.3) is 0 Å². The Balaban J connectivity index is 1.88. The van der Waals surface area contributed by atoms with Gasteiger partial charge in [-0.2, -0.15) is 0 Å². The molecule has 1 amide bonds. The van der Waals surface area contributed by atoms with E-state index in [1.54, 1.807) is 18.2 Å². The summed E-state index contributed by atoms with van der Waals surface area (Å²) in [6, 6.07) is 6.57. The summed E-state index contributed by atoms with van der Waals surface area (Å²) in [6.45, 7) is 0.231. The first-order valence-electron chi connectivity index (χ1n) is 6.50. The third kappa shape index (κ3) is 4.53. The van der Waals surface area contributed by atoms with Crippen molar-refractivity contribution in [1.82, 2.24) is 0 Å². The quantitative estimate of drug-likeness (QED) is 0.746. The van der Waals surface area contributed by atoms with Gasteiger partial charge in [-0.3, -0.25) is 4.79 Å². The fourth-order valence-corrected chi connectivity index (χ4v) is 2.06. The molecule has 2 N–H and O–H groups in total. The molecule has 23 heavy (non-hydrogen) atoms. The molecule has 0 aliphatic rings. The van der Waals surface area contributed by atoms with E-state index in [4.69, 9.17) is 23.2 Å². The first-order valence-corrected chi connectivity index (χ1v) is 7.26. The molecule has 0 aromatic heterocycles. The van der Waals surface area contributed by atoms with Crippen molar-refractivity contribution in [3.63, 3.8) is 0 Å². The molecule has 8 heteroatoms. The second-order valence-electron chi connectivity index (χ2n) is 4.58. The fourth-order valence-electron chi connectivity index (χ4n) is 1.76. The van der Waals surface area contributed by atoms with E-state index in [2.05, 4.69) is 10.6 Å². The molecule has 2 aromatic rings. The Labute approximate surface area is 140 Å². The molecule has 2 rings (SSSR count). The van der Waals surface area contributed by atoms with Gasteiger partial charge < -0.3 is 10.6 Å². The number of carbonyl (C=O) groups excluding carboxylic acids is 1. The highest BCUT2D eigenvalue weighted by atomic mass is 35.5. The van der Waals surface area contributed by atoms with E-state index in [1.165, 1.54) is 0 Å². The summed E-state index contributed by atoms with van der Waals surface area (Å²) >= 11 is 11.6. The standard InChI is InChI=1S/C15H11Cl2F3N2O/c16-9-2-1-8(7-10(9)17)21-6-5-13(23)22-12-4-3-11(18)14(19)15(12)20/h1-4,7,21H,5-6H2,(H,22,23). The molecule has 0 heterocycles. The number of hydrogen-bond donors (Lipinski definition) is 2. The highest BCUT2D eigenvalue weighted by molar-refractivity contribution is 6.42.